The van der Waals surface area contributed by atoms with Crippen molar-refractivity contribution < 1.29 is 17.2 Å². The third-order valence-electron chi connectivity index (χ3n) is 4.84. The summed E-state index contributed by atoms with van der Waals surface area (Å²) in [7, 11) is -3.29. The number of nitrogens with two attached hydrogens (primary N) is 1. The molecule has 0 aromatic carbocycles. The molecule has 0 saturated carbocycles. The van der Waals surface area contributed by atoms with Gasteiger partial charge in [-0.15, -0.1) is 0 Å². The Labute approximate surface area is 176 Å². The molecule has 0 saturated heterocycles. The van der Waals surface area contributed by atoms with E-state index in [1.165, 1.54) is 103 Å². The van der Waals surface area contributed by atoms with Crippen molar-refractivity contribution in [3.05, 3.63) is 0 Å². The van der Waals surface area contributed by atoms with E-state index in [-0.39, 0.29) is 0 Å². The summed E-state index contributed by atoms with van der Waals surface area (Å²) in [6.07, 6.45) is 22.8. The first-order valence-corrected chi connectivity index (χ1v) is 12.7. The van der Waals surface area contributed by atoms with Gasteiger partial charge in [0.1, 0.15) is 0 Å². The van der Waals surface area contributed by atoms with E-state index in [4.69, 9.17) is 10.3 Å². The minimum absolute atomic E-state index is 0.532. The lowest BCUT2D eigenvalue weighted by molar-refractivity contribution is 0.324. The lowest BCUT2D eigenvalue weighted by Crippen LogP contribution is -2.03. The first-order valence-electron chi connectivity index (χ1n) is 11.4. The molecule has 0 aromatic heterocycles. The number of rotatable bonds is 17. The van der Waals surface area contributed by atoms with E-state index < -0.39 is 10.4 Å². The van der Waals surface area contributed by atoms with E-state index in [2.05, 4.69) is 25.0 Å². The maximum absolute atomic E-state index is 9.33. The predicted molar refractivity (Wildman–Crippen MR) is 121 cm³/mol. The van der Waals surface area contributed by atoms with Gasteiger partial charge < -0.3 is 5.73 Å². The van der Waals surface area contributed by atoms with Gasteiger partial charge in [-0.25, -0.2) is 0 Å². The molecule has 0 aliphatic carbocycles. The second-order valence-corrected chi connectivity index (χ2v) is 10.2. The molecule has 0 aliphatic heterocycles. The van der Waals surface area contributed by atoms with Crippen molar-refractivity contribution in [3.63, 3.8) is 0 Å². The smallest absolute Gasteiger partial charge is 0.330 e. The highest BCUT2D eigenvalue weighted by Crippen LogP contribution is 2.22. The molecule has 0 fully saturated rings. The summed E-state index contributed by atoms with van der Waals surface area (Å²) in [4.78, 5) is 0. The quantitative estimate of drug-likeness (QED) is 0.201. The van der Waals surface area contributed by atoms with Crippen LogP contribution >= 0.6 is 0 Å². The lowest BCUT2D eigenvalue weighted by Gasteiger charge is -2.17. The molecular formula is C22H49NO4S. The summed E-state index contributed by atoms with van der Waals surface area (Å²) in [5.74, 6) is 0. The number of unbranched alkanes of at least 4 members (excludes halogenated alkanes) is 14. The maximum atomic E-state index is 9.33. The van der Waals surface area contributed by atoms with Gasteiger partial charge in [0.25, 0.3) is 0 Å². The van der Waals surface area contributed by atoms with E-state index in [0.717, 1.165) is 13.7 Å². The molecule has 0 unspecified atom stereocenters. The van der Waals surface area contributed by atoms with Crippen LogP contribution in [0.3, 0.4) is 0 Å². The van der Waals surface area contributed by atoms with Crippen molar-refractivity contribution in [3.8, 4) is 0 Å². The van der Waals surface area contributed by atoms with Gasteiger partial charge in [0, 0.05) is 0 Å². The summed E-state index contributed by atoms with van der Waals surface area (Å²) in [5.41, 5.74) is 6.03. The summed E-state index contributed by atoms with van der Waals surface area (Å²) in [6.45, 7) is 7.93. The Bertz CT molecular complexity index is 405. The third kappa shape index (κ3) is 33.4. The summed E-state index contributed by atoms with van der Waals surface area (Å²) in [6, 6.07) is 0. The van der Waals surface area contributed by atoms with Gasteiger partial charge in [-0.05, 0) is 24.8 Å². The SMILES string of the molecule is CC(C)(C)CCCCCCCCCCCCCCCCCN.COS(=O)(=O)O. The van der Waals surface area contributed by atoms with Gasteiger partial charge in [-0.1, -0.05) is 111 Å². The summed E-state index contributed by atoms with van der Waals surface area (Å²) < 4.78 is 29.7. The van der Waals surface area contributed by atoms with Crippen LogP contribution in [0.25, 0.3) is 0 Å². The van der Waals surface area contributed by atoms with Crippen LogP contribution in [-0.4, -0.2) is 26.6 Å². The van der Waals surface area contributed by atoms with Gasteiger partial charge >= 0.3 is 10.4 Å². The first-order chi connectivity index (χ1) is 13.1. The molecule has 0 rings (SSSR count). The molecular weight excluding hydrogens is 374 g/mol. The topological polar surface area (TPSA) is 89.6 Å². The average Bonchev–Trinajstić information content (AvgIpc) is 2.60. The molecule has 3 N–H and O–H groups in total. The molecule has 0 radical (unpaired) electrons. The van der Waals surface area contributed by atoms with Gasteiger partial charge in [0.15, 0.2) is 0 Å². The van der Waals surface area contributed by atoms with Crippen LogP contribution in [0.5, 0.6) is 0 Å². The Morgan fingerprint density at radius 3 is 1.14 bits per heavy atom. The molecule has 0 amide bonds. The summed E-state index contributed by atoms with van der Waals surface area (Å²) in [5, 5.41) is 0. The number of hydrogen-bond acceptors (Lipinski definition) is 4. The Balaban J connectivity index is 0. The molecule has 6 heteroatoms. The standard InChI is InChI=1S/C21H45N.CH4O4S/c1-21(2,3)19-17-15-13-11-9-7-5-4-6-8-10-12-14-16-18-20-22;1-5-6(2,3)4/h4-20,22H2,1-3H3;1H3,(H,2,3,4). The van der Waals surface area contributed by atoms with Gasteiger partial charge in [-0.2, -0.15) is 8.42 Å². The molecule has 5 nitrogen and oxygen atoms in total. The van der Waals surface area contributed by atoms with Gasteiger partial charge in [0.05, 0.1) is 7.11 Å². The second-order valence-electron chi connectivity index (χ2n) is 9.00. The van der Waals surface area contributed by atoms with E-state index in [1.807, 2.05) is 0 Å². The highest BCUT2D eigenvalue weighted by atomic mass is 32.3. The lowest BCUT2D eigenvalue weighted by atomic mass is 9.89. The molecule has 0 spiro atoms. The van der Waals surface area contributed by atoms with E-state index in [1.54, 1.807) is 0 Å². The highest BCUT2D eigenvalue weighted by molar-refractivity contribution is 7.80. The Morgan fingerprint density at radius 1 is 0.679 bits per heavy atom. The van der Waals surface area contributed by atoms with Crippen LogP contribution < -0.4 is 5.73 Å². The second kappa shape index (κ2) is 20.1. The van der Waals surface area contributed by atoms with E-state index in [0.29, 0.717) is 5.41 Å². The van der Waals surface area contributed by atoms with E-state index in [9.17, 15) is 8.42 Å². The molecule has 0 atom stereocenters. The van der Waals surface area contributed by atoms with Crippen LogP contribution in [0, 0.1) is 5.41 Å². The molecule has 0 aliphatic rings. The van der Waals surface area contributed by atoms with Gasteiger partial charge in [0.2, 0.25) is 0 Å². The van der Waals surface area contributed by atoms with Crippen LogP contribution in [0.4, 0.5) is 0 Å². The molecule has 172 valence electrons. The zero-order valence-corrected chi connectivity index (χ0v) is 20.0. The van der Waals surface area contributed by atoms with Gasteiger partial charge in [-0.3, -0.25) is 8.74 Å². The zero-order valence-electron chi connectivity index (χ0n) is 19.2. The Kier molecular flexibility index (Phi) is 21.6. The fourth-order valence-electron chi connectivity index (χ4n) is 3.10. The first kappa shape index (κ1) is 30.0. The monoisotopic (exact) mass is 423 g/mol. The third-order valence-corrected chi connectivity index (χ3v) is 5.26. The molecule has 28 heavy (non-hydrogen) atoms. The predicted octanol–water partition coefficient (Wildman–Crippen LogP) is 6.67. The van der Waals surface area contributed by atoms with Crippen molar-refractivity contribution in [2.24, 2.45) is 11.1 Å². The fourth-order valence-corrected chi connectivity index (χ4v) is 3.10. The van der Waals surface area contributed by atoms with E-state index >= 15 is 0 Å². The van der Waals surface area contributed by atoms with Crippen molar-refractivity contribution in [1.82, 2.24) is 0 Å². The van der Waals surface area contributed by atoms with Crippen LogP contribution in [0.1, 0.15) is 124 Å². The van der Waals surface area contributed by atoms with Crippen molar-refractivity contribution in [2.75, 3.05) is 13.7 Å². The summed E-state index contributed by atoms with van der Waals surface area (Å²) >= 11 is 0. The van der Waals surface area contributed by atoms with Crippen molar-refractivity contribution in [1.29, 1.82) is 0 Å². The Morgan fingerprint density at radius 2 is 0.929 bits per heavy atom. The largest absolute Gasteiger partial charge is 0.397 e. The fraction of sp³-hybridized carbons (Fsp3) is 1.00. The van der Waals surface area contributed by atoms with Crippen molar-refractivity contribution in [2.45, 2.75) is 124 Å². The molecule has 0 aromatic rings. The highest BCUT2D eigenvalue weighted by Gasteiger charge is 2.08. The normalized spacial score (nSPS) is 11.9. The number of hydrogen-bond donors (Lipinski definition) is 2. The van der Waals surface area contributed by atoms with Crippen LogP contribution in [0.2, 0.25) is 0 Å². The van der Waals surface area contributed by atoms with Crippen LogP contribution in [-0.2, 0) is 14.6 Å². The molecule has 0 bridgehead atoms. The maximum Gasteiger partial charge on any atom is 0.397 e. The minimum atomic E-state index is -4.16. The van der Waals surface area contributed by atoms with Crippen LogP contribution in [0.15, 0.2) is 0 Å². The minimum Gasteiger partial charge on any atom is -0.330 e. The molecule has 0 heterocycles. The average molecular weight is 424 g/mol. The Hall–Kier alpha value is -0.170. The zero-order chi connectivity index (χ0) is 21.7. The van der Waals surface area contributed by atoms with Crippen molar-refractivity contribution >= 4 is 10.4 Å².